The van der Waals surface area contributed by atoms with Crippen LogP contribution >= 0.6 is 50.7 Å². The van der Waals surface area contributed by atoms with Crippen molar-refractivity contribution in [3.8, 4) is 0 Å². The predicted molar refractivity (Wildman–Crippen MR) is 101 cm³/mol. The van der Waals surface area contributed by atoms with E-state index < -0.39 is 18.2 Å². The normalized spacial score (nSPS) is 20.0. The van der Waals surface area contributed by atoms with Crippen LogP contribution in [-0.2, 0) is 15.8 Å². The number of nitrogens with zero attached hydrogens (tertiary/aromatic N) is 1. The van der Waals surface area contributed by atoms with Crippen LogP contribution in [-0.4, -0.2) is 11.9 Å². The van der Waals surface area contributed by atoms with E-state index in [-0.39, 0.29) is 21.3 Å². The number of benzene rings is 2. The molecule has 2 aromatic carbocycles. The van der Waals surface area contributed by atoms with Gasteiger partial charge in [0.05, 0.1) is 5.71 Å². The Morgan fingerprint density at radius 2 is 1.73 bits per heavy atom. The van der Waals surface area contributed by atoms with E-state index >= 15 is 0 Å². The number of oxime groups is 1. The fourth-order valence-corrected chi connectivity index (χ4v) is 4.10. The van der Waals surface area contributed by atoms with Crippen molar-refractivity contribution < 1.29 is 18.0 Å². The fraction of sp³-hybridized carbons (Fsp3) is 0.235. The van der Waals surface area contributed by atoms with Gasteiger partial charge in [-0.05, 0) is 29.8 Å². The van der Waals surface area contributed by atoms with Crippen LogP contribution in [0.3, 0.4) is 0 Å². The summed E-state index contributed by atoms with van der Waals surface area (Å²) in [5.41, 5.74) is -1.44. The van der Waals surface area contributed by atoms with Crippen LogP contribution in [0.4, 0.5) is 13.2 Å². The van der Waals surface area contributed by atoms with Crippen molar-refractivity contribution in [2.24, 2.45) is 5.16 Å². The Balaban J connectivity index is 2.02. The lowest BCUT2D eigenvalue weighted by molar-refractivity contribution is -0.275. The van der Waals surface area contributed by atoms with Gasteiger partial charge in [0.15, 0.2) is 0 Å². The van der Waals surface area contributed by atoms with Gasteiger partial charge in [0, 0.05) is 37.9 Å². The molecule has 0 fully saturated rings. The molecule has 0 saturated carbocycles. The minimum atomic E-state index is -4.73. The lowest BCUT2D eigenvalue weighted by atomic mass is 9.86. The Labute approximate surface area is 171 Å². The molecule has 0 aliphatic carbocycles. The molecule has 1 unspecified atom stereocenters. The second-order valence-electron chi connectivity index (χ2n) is 5.73. The highest BCUT2D eigenvalue weighted by Crippen LogP contribution is 2.49. The number of hydrogen-bond donors (Lipinski definition) is 0. The molecule has 0 saturated heterocycles. The van der Waals surface area contributed by atoms with Crippen LogP contribution < -0.4 is 0 Å². The average Bonchev–Trinajstić information content (AvgIpc) is 3.00. The molecule has 1 heterocycles. The van der Waals surface area contributed by atoms with E-state index in [2.05, 4.69) is 21.1 Å². The van der Waals surface area contributed by atoms with Crippen molar-refractivity contribution in [2.45, 2.75) is 23.5 Å². The van der Waals surface area contributed by atoms with Gasteiger partial charge in [0.25, 0.3) is 5.60 Å². The standard InChI is InChI=1S/C17H10BrCl3F3NO/c18-8-10-2-1-9(3-14(10)21)15-7-16(26-25-15,17(22,23)24)11-4-12(19)6-13(20)5-11/h1-6H,7-8H2. The van der Waals surface area contributed by atoms with Crippen molar-refractivity contribution in [1.29, 1.82) is 0 Å². The van der Waals surface area contributed by atoms with E-state index in [1.807, 2.05) is 0 Å². The third-order valence-corrected chi connectivity index (χ3v) is 5.44. The maximum absolute atomic E-state index is 13.9. The van der Waals surface area contributed by atoms with E-state index in [1.165, 1.54) is 18.2 Å². The van der Waals surface area contributed by atoms with Gasteiger partial charge >= 0.3 is 6.18 Å². The summed E-state index contributed by atoms with van der Waals surface area (Å²) in [4.78, 5) is 4.96. The Kier molecular flexibility index (Phi) is 5.50. The molecule has 0 bridgehead atoms. The van der Waals surface area contributed by atoms with Crippen molar-refractivity contribution in [1.82, 2.24) is 0 Å². The van der Waals surface area contributed by atoms with Crippen LogP contribution in [0.2, 0.25) is 15.1 Å². The van der Waals surface area contributed by atoms with Gasteiger partial charge in [-0.2, -0.15) is 13.2 Å². The molecule has 0 amide bonds. The molecular formula is C17H10BrCl3F3NO. The first-order valence-corrected chi connectivity index (χ1v) is 9.55. The van der Waals surface area contributed by atoms with Gasteiger partial charge < -0.3 is 4.84 Å². The minimum Gasteiger partial charge on any atom is -0.374 e. The predicted octanol–water partition coefficient (Wildman–Crippen LogP) is 7.12. The van der Waals surface area contributed by atoms with Crippen LogP contribution in [0.1, 0.15) is 23.1 Å². The second kappa shape index (κ2) is 7.23. The summed E-state index contributed by atoms with van der Waals surface area (Å²) in [7, 11) is 0. The summed E-state index contributed by atoms with van der Waals surface area (Å²) >= 11 is 21.2. The van der Waals surface area contributed by atoms with E-state index in [0.29, 0.717) is 15.9 Å². The highest BCUT2D eigenvalue weighted by Gasteiger charge is 2.62. The summed E-state index contributed by atoms with van der Waals surface area (Å²) in [6.45, 7) is 0. The van der Waals surface area contributed by atoms with Gasteiger partial charge in [-0.25, -0.2) is 0 Å². The van der Waals surface area contributed by atoms with Gasteiger partial charge in [0.1, 0.15) is 0 Å². The molecule has 3 rings (SSSR count). The topological polar surface area (TPSA) is 21.6 Å². The molecule has 2 aromatic rings. The first kappa shape index (κ1) is 19.8. The van der Waals surface area contributed by atoms with Crippen molar-refractivity contribution in [3.05, 3.63) is 68.2 Å². The quantitative estimate of drug-likeness (QED) is 0.422. The molecule has 1 aliphatic rings. The van der Waals surface area contributed by atoms with Crippen molar-refractivity contribution in [2.75, 3.05) is 0 Å². The molecule has 0 radical (unpaired) electrons. The Hall–Kier alpha value is -0.950. The maximum Gasteiger partial charge on any atom is 0.435 e. The Bertz CT molecular complexity index is 868. The molecule has 0 aromatic heterocycles. The smallest absolute Gasteiger partial charge is 0.374 e. The first-order valence-electron chi connectivity index (χ1n) is 7.29. The molecule has 0 N–H and O–H groups in total. The highest BCUT2D eigenvalue weighted by atomic mass is 79.9. The van der Waals surface area contributed by atoms with E-state index in [9.17, 15) is 13.2 Å². The largest absolute Gasteiger partial charge is 0.435 e. The van der Waals surface area contributed by atoms with Crippen LogP contribution in [0.5, 0.6) is 0 Å². The first-order chi connectivity index (χ1) is 12.2. The molecule has 138 valence electrons. The number of alkyl halides is 4. The van der Waals surface area contributed by atoms with Gasteiger partial charge in [-0.15, -0.1) is 0 Å². The number of rotatable bonds is 3. The molecule has 26 heavy (non-hydrogen) atoms. The van der Waals surface area contributed by atoms with Gasteiger partial charge in [-0.1, -0.05) is 68.0 Å². The zero-order valence-electron chi connectivity index (χ0n) is 12.9. The van der Waals surface area contributed by atoms with E-state index in [4.69, 9.17) is 39.6 Å². The third kappa shape index (κ3) is 3.57. The van der Waals surface area contributed by atoms with Crippen LogP contribution in [0, 0.1) is 0 Å². The fourth-order valence-electron chi connectivity index (χ4n) is 2.68. The minimum absolute atomic E-state index is 0.0814. The molecular weight excluding hydrogens is 477 g/mol. The highest BCUT2D eigenvalue weighted by molar-refractivity contribution is 9.08. The van der Waals surface area contributed by atoms with Crippen LogP contribution in [0.25, 0.3) is 0 Å². The Morgan fingerprint density at radius 1 is 1.08 bits per heavy atom. The maximum atomic E-state index is 13.9. The number of hydrogen-bond acceptors (Lipinski definition) is 2. The Morgan fingerprint density at radius 3 is 2.27 bits per heavy atom. The molecule has 9 heteroatoms. The van der Waals surface area contributed by atoms with E-state index in [0.717, 1.165) is 5.56 Å². The van der Waals surface area contributed by atoms with Crippen molar-refractivity contribution in [3.63, 3.8) is 0 Å². The second-order valence-corrected chi connectivity index (χ2v) is 7.57. The lowest BCUT2D eigenvalue weighted by Crippen LogP contribution is -2.42. The van der Waals surface area contributed by atoms with Crippen LogP contribution in [0.15, 0.2) is 41.6 Å². The summed E-state index contributed by atoms with van der Waals surface area (Å²) in [5, 5.41) is 4.82. The zero-order valence-corrected chi connectivity index (χ0v) is 16.7. The average molecular weight is 488 g/mol. The van der Waals surface area contributed by atoms with Gasteiger partial charge in [-0.3, -0.25) is 0 Å². The van der Waals surface area contributed by atoms with Crippen molar-refractivity contribution >= 4 is 56.4 Å². The molecule has 1 aliphatic heterocycles. The third-order valence-electron chi connectivity index (χ3n) is 4.05. The molecule has 1 atom stereocenters. The molecule has 0 spiro atoms. The SMILES string of the molecule is FC(F)(F)C1(c2cc(Cl)cc(Cl)c2)CC(c2ccc(CBr)c(Cl)c2)=NO1. The summed E-state index contributed by atoms with van der Waals surface area (Å²) in [6.07, 6.45) is -5.25. The molecule has 2 nitrogen and oxygen atoms in total. The zero-order chi connectivity index (χ0) is 19.1. The summed E-state index contributed by atoms with van der Waals surface area (Å²) in [6, 6.07) is 8.66. The summed E-state index contributed by atoms with van der Waals surface area (Å²) in [5.74, 6) is 0. The van der Waals surface area contributed by atoms with E-state index in [1.54, 1.807) is 18.2 Å². The monoisotopic (exact) mass is 485 g/mol. The van der Waals surface area contributed by atoms with Gasteiger partial charge in [0.2, 0.25) is 0 Å². The number of halogens is 7. The lowest BCUT2D eigenvalue weighted by Gasteiger charge is -2.29. The summed E-state index contributed by atoms with van der Waals surface area (Å²) < 4.78 is 41.8.